The molecule has 0 bridgehead atoms. The standard InChI is InChI=1S/C15H10N3O.C14H14N.Ir/c1-17-7-8-18(10-17)11-4-5-14-13(9-11)12-3-2-6-16-15(12)19-14;1-10-4-6-13(7-5-10)14-8-11(2)12(3)9-15-14;/h2-3,5-9H,1H3;4-6,8-9H,1-3H3;/q+1;-1;. The summed E-state index contributed by atoms with van der Waals surface area (Å²) in [4.78, 5) is 8.63. The molecule has 0 saturated carbocycles. The molecule has 2 aromatic carbocycles. The Kier molecular flexibility index (Phi) is 7.18. The zero-order valence-electron chi connectivity index (χ0n) is 20.0. The Morgan fingerprint density at radius 2 is 1.77 bits per heavy atom. The van der Waals surface area contributed by atoms with E-state index in [1.165, 1.54) is 16.7 Å². The summed E-state index contributed by atoms with van der Waals surface area (Å²) in [6, 6.07) is 25.6. The van der Waals surface area contributed by atoms with Crippen molar-refractivity contribution in [3.8, 4) is 11.3 Å². The van der Waals surface area contributed by atoms with Crippen LogP contribution >= 0.6 is 0 Å². The number of furan rings is 1. The number of aromatic nitrogens is 2. The molecule has 1 aliphatic heterocycles. The maximum Gasteiger partial charge on any atom is 0.493 e. The molecule has 0 atom stereocenters. The molecule has 0 saturated heterocycles. The minimum atomic E-state index is 0. The van der Waals surface area contributed by atoms with Gasteiger partial charge in [-0.1, -0.05) is 39.2 Å². The third-order valence-corrected chi connectivity index (χ3v) is 5.75. The summed E-state index contributed by atoms with van der Waals surface area (Å²) in [6.45, 7) is 6.24. The minimum absolute atomic E-state index is 0. The van der Waals surface area contributed by atoms with Crippen molar-refractivity contribution in [2.45, 2.75) is 20.8 Å². The zero-order chi connectivity index (χ0) is 23.7. The predicted molar refractivity (Wildman–Crippen MR) is 133 cm³/mol. The SMILES string of the molecule is C[N+]1=C=[N+](c2[c-]cc3oc4ncccc4c3c2)C=C1.Cc1c[c-]c(-c2cc(C)c(C)cn2)cc1.[Ir]. The molecule has 0 amide bonds. The van der Waals surface area contributed by atoms with E-state index in [0.29, 0.717) is 5.71 Å². The summed E-state index contributed by atoms with van der Waals surface area (Å²) in [7, 11) is 1.94. The van der Waals surface area contributed by atoms with E-state index in [1.807, 2.05) is 65.1 Å². The normalized spacial score (nSPS) is 12.1. The van der Waals surface area contributed by atoms with E-state index < -0.39 is 0 Å². The zero-order valence-corrected chi connectivity index (χ0v) is 22.4. The Hall–Kier alpha value is -3.69. The van der Waals surface area contributed by atoms with Crippen LogP contribution in [-0.2, 0) is 20.1 Å². The quantitative estimate of drug-likeness (QED) is 0.171. The second-order valence-corrected chi connectivity index (χ2v) is 8.37. The van der Waals surface area contributed by atoms with Crippen molar-refractivity contribution < 1.29 is 33.7 Å². The molecule has 3 aromatic heterocycles. The van der Waals surface area contributed by atoms with Gasteiger partial charge in [0.05, 0.1) is 0 Å². The molecule has 0 fully saturated rings. The first-order valence-corrected chi connectivity index (χ1v) is 11.1. The first kappa shape index (κ1) is 24.4. The van der Waals surface area contributed by atoms with E-state index in [2.05, 4.69) is 67.1 Å². The van der Waals surface area contributed by atoms with Gasteiger partial charge in [0.25, 0.3) is 6.20 Å². The molecule has 5 aromatic rings. The average molecular weight is 637 g/mol. The van der Waals surface area contributed by atoms with Crippen molar-refractivity contribution >= 4 is 33.8 Å². The van der Waals surface area contributed by atoms with Crippen molar-refractivity contribution in [2.75, 3.05) is 7.05 Å². The van der Waals surface area contributed by atoms with Gasteiger partial charge in [-0.3, -0.25) is 0 Å². The third-order valence-electron chi connectivity index (χ3n) is 5.75. The van der Waals surface area contributed by atoms with Crippen LogP contribution < -0.4 is 0 Å². The molecule has 0 unspecified atom stereocenters. The second kappa shape index (κ2) is 10.3. The van der Waals surface area contributed by atoms with E-state index in [4.69, 9.17) is 4.42 Å². The maximum absolute atomic E-state index is 5.68. The van der Waals surface area contributed by atoms with E-state index in [0.717, 1.165) is 33.3 Å². The molecular formula is C29H24IrN4O. The molecule has 6 rings (SSSR count). The second-order valence-electron chi connectivity index (χ2n) is 8.37. The molecule has 35 heavy (non-hydrogen) atoms. The number of nitrogens with zero attached hydrogens (tertiary/aromatic N) is 4. The van der Waals surface area contributed by atoms with Crippen molar-refractivity contribution in [3.63, 3.8) is 0 Å². The Balaban J connectivity index is 0.000000165. The molecule has 1 radical (unpaired) electrons. The first-order valence-electron chi connectivity index (χ1n) is 11.1. The number of hydrogen-bond donors (Lipinski definition) is 0. The van der Waals surface area contributed by atoms with Crippen LogP contribution in [0.3, 0.4) is 0 Å². The number of benzene rings is 2. The van der Waals surface area contributed by atoms with Crippen LogP contribution in [0.1, 0.15) is 16.7 Å². The fraction of sp³-hybridized carbons (Fsp3) is 0.138. The average Bonchev–Trinajstić information content (AvgIpc) is 3.45. The number of hydrogen-bond acceptors (Lipinski definition) is 3. The Morgan fingerprint density at radius 1 is 0.914 bits per heavy atom. The summed E-state index contributed by atoms with van der Waals surface area (Å²) >= 11 is 0. The van der Waals surface area contributed by atoms with E-state index in [1.54, 1.807) is 6.20 Å². The monoisotopic (exact) mass is 637 g/mol. The Morgan fingerprint density at radius 3 is 2.49 bits per heavy atom. The summed E-state index contributed by atoms with van der Waals surface area (Å²) in [5.74, 6) is 0. The van der Waals surface area contributed by atoms with Crippen LogP contribution in [0.5, 0.6) is 0 Å². The fourth-order valence-corrected chi connectivity index (χ4v) is 3.65. The van der Waals surface area contributed by atoms with E-state index in [9.17, 15) is 0 Å². The van der Waals surface area contributed by atoms with Gasteiger partial charge >= 0.3 is 6.01 Å². The molecule has 0 N–H and O–H groups in total. The Labute approximate surface area is 218 Å². The van der Waals surface area contributed by atoms with Crippen LogP contribution in [-0.4, -0.2) is 32.2 Å². The molecule has 6 heteroatoms. The topological polar surface area (TPSA) is 44.9 Å². The van der Waals surface area contributed by atoms with Gasteiger partial charge < -0.3 is 9.40 Å². The molecule has 175 valence electrons. The fourth-order valence-electron chi connectivity index (χ4n) is 3.65. The van der Waals surface area contributed by atoms with Crippen molar-refractivity contribution in [1.82, 2.24) is 9.97 Å². The molecule has 4 heterocycles. The third kappa shape index (κ3) is 5.21. The van der Waals surface area contributed by atoms with Crippen molar-refractivity contribution in [3.05, 3.63) is 102 Å². The van der Waals surface area contributed by atoms with Crippen molar-refractivity contribution in [2.24, 2.45) is 0 Å². The number of pyridine rings is 2. The van der Waals surface area contributed by atoms with Crippen LogP contribution in [0.25, 0.3) is 33.3 Å². The Bertz CT molecular complexity index is 1620. The van der Waals surface area contributed by atoms with Gasteiger partial charge in [-0.05, 0) is 37.2 Å². The summed E-state index contributed by atoms with van der Waals surface area (Å²) < 4.78 is 9.45. The maximum atomic E-state index is 5.68. The largest absolute Gasteiger partial charge is 0.502 e. The molecule has 1 aliphatic rings. The van der Waals surface area contributed by atoms with Gasteiger partial charge in [-0.15, -0.1) is 47.5 Å². The van der Waals surface area contributed by atoms with Gasteiger partial charge in [0, 0.05) is 43.5 Å². The van der Waals surface area contributed by atoms with Gasteiger partial charge in [0.1, 0.15) is 5.69 Å². The summed E-state index contributed by atoms with van der Waals surface area (Å²) in [5, 5.41) is 2.06. The smallest absolute Gasteiger partial charge is 0.493 e. The molecule has 0 spiro atoms. The number of rotatable bonds is 2. The van der Waals surface area contributed by atoms with Gasteiger partial charge in [-0.25, -0.2) is 4.98 Å². The van der Waals surface area contributed by atoms with Gasteiger partial charge in [0.2, 0.25) is 11.9 Å². The van der Waals surface area contributed by atoms with Crippen LogP contribution in [0.15, 0.2) is 77.7 Å². The van der Waals surface area contributed by atoms with Crippen LogP contribution in [0.4, 0.5) is 5.69 Å². The number of fused-ring (bicyclic) bond motifs is 3. The van der Waals surface area contributed by atoms with Gasteiger partial charge in [0.15, 0.2) is 7.05 Å². The molecular weight excluding hydrogens is 613 g/mol. The van der Waals surface area contributed by atoms with Gasteiger partial charge in [-0.2, -0.15) is 0 Å². The van der Waals surface area contributed by atoms with Crippen LogP contribution in [0, 0.1) is 32.9 Å². The summed E-state index contributed by atoms with van der Waals surface area (Å²) in [6.07, 6.45) is 7.53. The van der Waals surface area contributed by atoms with Crippen molar-refractivity contribution in [1.29, 1.82) is 0 Å². The van der Waals surface area contributed by atoms with Crippen LogP contribution in [0.2, 0.25) is 0 Å². The summed E-state index contributed by atoms with van der Waals surface area (Å²) in [5.41, 5.74) is 8.17. The van der Waals surface area contributed by atoms with E-state index in [-0.39, 0.29) is 20.1 Å². The molecule has 0 aliphatic carbocycles. The van der Waals surface area contributed by atoms with E-state index >= 15 is 0 Å². The minimum Gasteiger partial charge on any atom is -0.502 e. The first-order chi connectivity index (χ1) is 16.5. The molecule has 5 nitrogen and oxygen atoms in total. The number of aryl methyl sites for hydroxylation is 3. The predicted octanol–water partition coefficient (Wildman–Crippen LogP) is 6.20.